The van der Waals surface area contributed by atoms with E-state index in [0.717, 1.165) is 53.0 Å². The van der Waals surface area contributed by atoms with Crippen LogP contribution in [0.1, 0.15) is 57.5 Å². The van der Waals surface area contributed by atoms with Crippen molar-refractivity contribution in [2.24, 2.45) is 0 Å². The Morgan fingerprint density at radius 3 is 2.48 bits per heavy atom. The number of nitrogens with zero attached hydrogens (tertiary/aromatic N) is 6. The molecule has 4 aromatic rings. The maximum Gasteiger partial charge on any atom is 0.329 e. The van der Waals surface area contributed by atoms with Crippen LogP contribution in [0.15, 0.2) is 47.4 Å². The van der Waals surface area contributed by atoms with Crippen molar-refractivity contribution in [3.05, 3.63) is 70.0 Å². The Bertz CT molecular complexity index is 1280. The largest absolute Gasteiger partial charge is 0.329 e. The molecule has 0 spiro atoms. The Hall–Kier alpha value is -3.55. The molecule has 0 saturated carbocycles. The summed E-state index contributed by atoms with van der Waals surface area (Å²) in [5.74, 6) is 0.508. The fraction of sp³-hybridized carbons (Fsp3) is 0.400. The lowest BCUT2D eigenvalue weighted by molar-refractivity contribution is 0.373. The fourth-order valence-electron chi connectivity index (χ4n) is 4.36. The highest BCUT2D eigenvalue weighted by molar-refractivity contribution is 5.76. The van der Waals surface area contributed by atoms with Crippen LogP contribution in [-0.2, 0) is 18.5 Å². The second-order valence-electron chi connectivity index (χ2n) is 9.34. The Morgan fingerprint density at radius 2 is 1.85 bits per heavy atom. The van der Waals surface area contributed by atoms with Crippen LogP contribution in [0.5, 0.6) is 0 Å². The molecule has 0 unspecified atom stereocenters. The van der Waals surface area contributed by atoms with Crippen molar-refractivity contribution in [3.63, 3.8) is 0 Å². The minimum absolute atomic E-state index is 0.0549. The van der Waals surface area contributed by atoms with Crippen molar-refractivity contribution in [3.8, 4) is 22.6 Å². The molecule has 8 heteroatoms. The van der Waals surface area contributed by atoms with Crippen LogP contribution in [-0.4, -0.2) is 34.7 Å². The molecule has 3 aromatic heterocycles. The summed E-state index contributed by atoms with van der Waals surface area (Å²) in [4.78, 5) is 17.9. The van der Waals surface area contributed by atoms with Gasteiger partial charge in [0.25, 0.3) is 0 Å². The van der Waals surface area contributed by atoms with E-state index >= 15 is 0 Å². The van der Waals surface area contributed by atoms with Gasteiger partial charge in [-0.3, -0.25) is 14.1 Å². The van der Waals surface area contributed by atoms with Gasteiger partial charge < -0.3 is 0 Å². The predicted octanol–water partition coefficient (Wildman–Crippen LogP) is 4.35. The molecule has 4 rings (SSSR count). The molecule has 0 aliphatic rings. The van der Waals surface area contributed by atoms with Crippen LogP contribution in [0.2, 0.25) is 0 Å². The average Bonchev–Trinajstić information content (AvgIpc) is 3.40. The lowest BCUT2D eigenvalue weighted by atomic mass is 10.0. The molecule has 1 aromatic carbocycles. The average molecular weight is 446 g/mol. The molecule has 0 fully saturated rings. The second-order valence-corrected chi connectivity index (χ2v) is 9.34. The maximum absolute atomic E-state index is 13.4. The molecule has 172 valence electrons. The van der Waals surface area contributed by atoms with Gasteiger partial charge >= 0.3 is 5.69 Å². The zero-order chi connectivity index (χ0) is 23.6. The van der Waals surface area contributed by atoms with Crippen LogP contribution in [0.3, 0.4) is 0 Å². The van der Waals surface area contributed by atoms with Gasteiger partial charge in [0.05, 0.1) is 12.2 Å². The highest BCUT2D eigenvalue weighted by atomic mass is 16.2. The van der Waals surface area contributed by atoms with Gasteiger partial charge in [-0.15, -0.1) is 10.2 Å². The number of hydrogen-bond donors (Lipinski definition) is 1. The lowest BCUT2D eigenvalue weighted by Gasteiger charge is -2.21. The first-order valence-corrected chi connectivity index (χ1v) is 11.4. The molecule has 0 aliphatic heterocycles. The van der Waals surface area contributed by atoms with Gasteiger partial charge in [-0.2, -0.15) is 5.21 Å². The first kappa shape index (κ1) is 22.6. The Balaban J connectivity index is 1.68. The smallest absolute Gasteiger partial charge is 0.292 e. The number of unbranched alkanes of at least 4 members (excludes halogenated alkanes) is 1. The van der Waals surface area contributed by atoms with Crippen molar-refractivity contribution >= 4 is 0 Å². The summed E-state index contributed by atoms with van der Waals surface area (Å²) in [6.07, 6.45) is 4.81. The topological polar surface area (TPSA) is 94.3 Å². The van der Waals surface area contributed by atoms with E-state index in [0.29, 0.717) is 12.4 Å². The number of rotatable bonds is 7. The highest BCUT2D eigenvalue weighted by Gasteiger charge is 2.24. The number of aromatic amines is 1. The van der Waals surface area contributed by atoms with Gasteiger partial charge in [0, 0.05) is 34.3 Å². The number of hydrogen-bond acceptors (Lipinski definition) is 5. The third kappa shape index (κ3) is 4.51. The van der Waals surface area contributed by atoms with E-state index in [9.17, 15) is 4.79 Å². The van der Waals surface area contributed by atoms with Crippen molar-refractivity contribution in [1.82, 2.24) is 34.7 Å². The third-order valence-corrected chi connectivity index (χ3v) is 5.90. The van der Waals surface area contributed by atoms with Crippen LogP contribution in [0.25, 0.3) is 22.6 Å². The molecular weight excluding hydrogens is 414 g/mol. The summed E-state index contributed by atoms with van der Waals surface area (Å²) in [6.45, 7) is 11.0. The predicted molar refractivity (Wildman–Crippen MR) is 129 cm³/mol. The van der Waals surface area contributed by atoms with Gasteiger partial charge in [0.2, 0.25) is 5.82 Å². The molecule has 0 amide bonds. The van der Waals surface area contributed by atoms with Gasteiger partial charge in [0.15, 0.2) is 0 Å². The standard InChI is InChI=1S/C25H31N7O/c1-6-7-10-21-17(2)32(25(3,4)5)24(33)31(21)16-18-11-13-19(14-12-18)22-20(9-8-15-26-22)23-27-29-30-28-23/h8-9,11-15H,6-7,10,16H2,1-5H3,(H,27,28,29,30). The molecule has 0 saturated heterocycles. The van der Waals surface area contributed by atoms with Crippen LogP contribution in [0.4, 0.5) is 0 Å². The summed E-state index contributed by atoms with van der Waals surface area (Å²) in [5, 5.41) is 14.3. The second kappa shape index (κ2) is 9.13. The summed E-state index contributed by atoms with van der Waals surface area (Å²) < 4.78 is 3.87. The van der Waals surface area contributed by atoms with E-state index in [4.69, 9.17) is 0 Å². The van der Waals surface area contributed by atoms with Crippen molar-refractivity contribution in [2.75, 3.05) is 0 Å². The maximum atomic E-state index is 13.4. The number of benzene rings is 1. The summed E-state index contributed by atoms with van der Waals surface area (Å²) >= 11 is 0. The number of imidazole rings is 1. The summed E-state index contributed by atoms with van der Waals surface area (Å²) in [6, 6.07) is 12.0. The molecule has 0 bridgehead atoms. The SMILES string of the molecule is CCCCc1c(C)n(C(C)(C)C)c(=O)n1Cc1ccc(-c2ncccc2-c2nn[nH]n2)cc1. The number of aromatic nitrogens is 7. The van der Waals surface area contributed by atoms with E-state index in [1.165, 1.54) is 0 Å². The molecule has 0 radical (unpaired) electrons. The molecule has 8 nitrogen and oxygen atoms in total. The minimum atomic E-state index is -0.262. The minimum Gasteiger partial charge on any atom is -0.292 e. The third-order valence-electron chi connectivity index (χ3n) is 5.90. The fourth-order valence-corrected chi connectivity index (χ4v) is 4.36. The van der Waals surface area contributed by atoms with E-state index < -0.39 is 0 Å². The Morgan fingerprint density at radius 1 is 1.09 bits per heavy atom. The quantitative estimate of drug-likeness (QED) is 0.456. The van der Waals surface area contributed by atoms with Crippen molar-refractivity contribution in [2.45, 2.75) is 66.0 Å². The van der Waals surface area contributed by atoms with Crippen LogP contribution < -0.4 is 5.69 Å². The van der Waals surface area contributed by atoms with Crippen molar-refractivity contribution < 1.29 is 0 Å². The number of pyridine rings is 1. The Kier molecular flexibility index (Phi) is 6.26. The zero-order valence-corrected chi connectivity index (χ0v) is 20.0. The first-order chi connectivity index (χ1) is 15.8. The molecular formula is C25H31N7O. The highest BCUT2D eigenvalue weighted by Crippen LogP contribution is 2.28. The normalized spacial score (nSPS) is 11.8. The van der Waals surface area contributed by atoms with Gasteiger partial charge in [-0.25, -0.2) is 4.79 Å². The van der Waals surface area contributed by atoms with E-state index in [1.54, 1.807) is 6.20 Å². The molecule has 0 atom stereocenters. The molecule has 1 N–H and O–H groups in total. The summed E-state index contributed by atoms with van der Waals surface area (Å²) in [5.41, 5.74) is 5.63. The number of nitrogens with one attached hydrogen (secondary N) is 1. The monoisotopic (exact) mass is 445 g/mol. The molecule has 33 heavy (non-hydrogen) atoms. The zero-order valence-electron chi connectivity index (χ0n) is 20.0. The van der Waals surface area contributed by atoms with Gasteiger partial charge in [-0.1, -0.05) is 37.6 Å². The number of tetrazole rings is 1. The molecule has 0 aliphatic carbocycles. The van der Waals surface area contributed by atoms with E-state index in [2.05, 4.69) is 72.4 Å². The van der Waals surface area contributed by atoms with Crippen LogP contribution >= 0.6 is 0 Å². The van der Waals surface area contributed by atoms with Gasteiger partial charge in [0.1, 0.15) is 0 Å². The van der Waals surface area contributed by atoms with E-state index in [1.807, 2.05) is 33.4 Å². The van der Waals surface area contributed by atoms with Crippen LogP contribution in [0, 0.1) is 6.92 Å². The van der Waals surface area contributed by atoms with Gasteiger partial charge in [-0.05, 0) is 63.4 Å². The summed E-state index contributed by atoms with van der Waals surface area (Å²) in [7, 11) is 0. The first-order valence-electron chi connectivity index (χ1n) is 11.4. The Labute approximate surface area is 193 Å². The van der Waals surface area contributed by atoms with E-state index in [-0.39, 0.29) is 11.2 Å². The number of H-pyrrole nitrogens is 1. The van der Waals surface area contributed by atoms with Crippen molar-refractivity contribution in [1.29, 1.82) is 0 Å². The molecule has 3 heterocycles. The lowest BCUT2D eigenvalue weighted by Crippen LogP contribution is -2.35.